The summed E-state index contributed by atoms with van der Waals surface area (Å²) >= 11 is 0. The van der Waals surface area contributed by atoms with Crippen LogP contribution < -0.4 is 5.32 Å². The highest BCUT2D eigenvalue weighted by molar-refractivity contribution is 5.13. The fraction of sp³-hybridized carbons (Fsp3) is 0.714. The lowest BCUT2D eigenvalue weighted by molar-refractivity contribution is 0.410. The lowest BCUT2D eigenvalue weighted by Crippen LogP contribution is -2.20. The smallest absolute Gasteiger partial charge is 0.132 e. The Bertz CT molecular complexity index is 361. The van der Waals surface area contributed by atoms with Crippen LogP contribution in [0.15, 0.2) is 12.3 Å². The van der Waals surface area contributed by atoms with E-state index in [-0.39, 0.29) is 0 Å². The molecule has 1 N–H and O–H groups in total. The van der Waals surface area contributed by atoms with Crippen LogP contribution >= 0.6 is 0 Å². The van der Waals surface area contributed by atoms with Gasteiger partial charge in [-0.05, 0) is 39.5 Å². The topological polar surface area (TPSA) is 41.1 Å². The molecule has 4 nitrogen and oxygen atoms in total. The molecule has 1 aliphatic rings. The van der Waals surface area contributed by atoms with Gasteiger partial charge in [0, 0.05) is 36.8 Å². The minimum Gasteiger partial charge on any atom is -0.319 e. The van der Waals surface area contributed by atoms with Gasteiger partial charge in [-0.25, -0.2) is 9.97 Å². The molecule has 0 bridgehead atoms. The van der Waals surface area contributed by atoms with Crippen LogP contribution in [0.25, 0.3) is 0 Å². The second-order valence-electron chi connectivity index (χ2n) is 5.25. The highest BCUT2D eigenvalue weighted by atomic mass is 15.1. The van der Waals surface area contributed by atoms with Gasteiger partial charge in [0.05, 0.1) is 0 Å². The normalized spacial score (nSPS) is 22.3. The number of hydrogen-bond donors (Lipinski definition) is 1. The standard InChI is InChI=1S/C14H24N4/c1-4-11(9-15-2)14-16-7-5-13(17-14)12-6-8-18(3)10-12/h5,7,11-12,15H,4,6,8-10H2,1-3H3. The van der Waals surface area contributed by atoms with Crippen LogP contribution in [-0.2, 0) is 0 Å². The number of hydrogen-bond acceptors (Lipinski definition) is 4. The summed E-state index contributed by atoms with van der Waals surface area (Å²) in [7, 11) is 4.16. The van der Waals surface area contributed by atoms with Crippen LogP contribution in [-0.4, -0.2) is 48.6 Å². The fourth-order valence-corrected chi connectivity index (χ4v) is 2.65. The maximum atomic E-state index is 4.80. The summed E-state index contributed by atoms with van der Waals surface area (Å²) in [4.78, 5) is 11.6. The molecule has 0 spiro atoms. The van der Waals surface area contributed by atoms with E-state index in [1.165, 1.54) is 18.7 Å². The summed E-state index contributed by atoms with van der Waals surface area (Å²) < 4.78 is 0. The molecule has 2 atom stereocenters. The van der Waals surface area contributed by atoms with Crippen molar-refractivity contribution in [1.82, 2.24) is 20.2 Å². The summed E-state index contributed by atoms with van der Waals surface area (Å²) in [5.74, 6) is 2.01. The maximum Gasteiger partial charge on any atom is 0.132 e. The van der Waals surface area contributed by atoms with Gasteiger partial charge in [-0.2, -0.15) is 0 Å². The molecule has 2 unspecified atom stereocenters. The van der Waals surface area contributed by atoms with Crippen LogP contribution in [0.4, 0.5) is 0 Å². The molecule has 0 aliphatic carbocycles. The van der Waals surface area contributed by atoms with Crippen LogP contribution in [0.3, 0.4) is 0 Å². The van der Waals surface area contributed by atoms with Gasteiger partial charge in [-0.15, -0.1) is 0 Å². The number of aromatic nitrogens is 2. The number of nitrogens with one attached hydrogen (secondary N) is 1. The van der Waals surface area contributed by atoms with Crippen molar-refractivity contribution in [3.05, 3.63) is 23.8 Å². The molecule has 1 fully saturated rings. The Hall–Kier alpha value is -1.00. The van der Waals surface area contributed by atoms with E-state index in [4.69, 9.17) is 4.98 Å². The lowest BCUT2D eigenvalue weighted by atomic mass is 10.0. The first kappa shape index (κ1) is 13.4. The molecule has 1 aromatic heterocycles. The Morgan fingerprint density at radius 1 is 1.56 bits per heavy atom. The summed E-state index contributed by atoms with van der Waals surface area (Å²) in [6.07, 6.45) is 4.22. The van der Waals surface area contributed by atoms with Gasteiger partial charge >= 0.3 is 0 Å². The number of nitrogens with zero attached hydrogens (tertiary/aromatic N) is 3. The predicted molar refractivity (Wildman–Crippen MR) is 73.8 cm³/mol. The zero-order valence-electron chi connectivity index (χ0n) is 11.7. The molecule has 4 heteroatoms. The van der Waals surface area contributed by atoms with E-state index >= 15 is 0 Å². The van der Waals surface area contributed by atoms with Crippen molar-refractivity contribution in [2.75, 3.05) is 33.7 Å². The first-order valence-corrected chi connectivity index (χ1v) is 6.90. The van der Waals surface area contributed by atoms with E-state index in [0.717, 1.165) is 25.3 Å². The average molecular weight is 248 g/mol. The highest BCUT2D eigenvalue weighted by Crippen LogP contribution is 2.25. The van der Waals surface area contributed by atoms with E-state index in [1.807, 2.05) is 13.2 Å². The van der Waals surface area contributed by atoms with Crippen LogP contribution in [0.5, 0.6) is 0 Å². The van der Waals surface area contributed by atoms with Gasteiger partial charge in [0.1, 0.15) is 5.82 Å². The Balaban J connectivity index is 2.13. The lowest BCUT2D eigenvalue weighted by Gasteiger charge is -2.15. The molecule has 100 valence electrons. The molecule has 0 amide bonds. The third-order valence-corrected chi connectivity index (χ3v) is 3.81. The molecule has 0 aromatic carbocycles. The Kier molecular flexibility index (Phi) is 4.66. The third-order valence-electron chi connectivity index (χ3n) is 3.81. The zero-order chi connectivity index (χ0) is 13.0. The summed E-state index contributed by atoms with van der Waals surface area (Å²) in [6.45, 7) is 5.45. The molecular formula is C14H24N4. The highest BCUT2D eigenvalue weighted by Gasteiger charge is 2.23. The Morgan fingerprint density at radius 3 is 3.00 bits per heavy atom. The molecule has 2 rings (SSSR count). The first-order chi connectivity index (χ1) is 8.74. The van der Waals surface area contributed by atoms with Crippen LogP contribution in [0.1, 0.15) is 43.1 Å². The molecule has 1 aromatic rings. The minimum absolute atomic E-state index is 0.425. The SMILES string of the molecule is CCC(CNC)c1nccc(C2CCN(C)C2)n1. The summed E-state index contributed by atoms with van der Waals surface area (Å²) in [6, 6.07) is 2.08. The number of rotatable bonds is 5. The largest absolute Gasteiger partial charge is 0.319 e. The molecule has 1 saturated heterocycles. The van der Waals surface area contributed by atoms with Gasteiger partial charge in [0.15, 0.2) is 0 Å². The van der Waals surface area contributed by atoms with Crippen molar-refractivity contribution >= 4 is 0 Å². The van der Waals surface area contributed by atoms with Gasteiger partial charge < -0.3 is 10.2 Å². The summed E-state index contributed by atoms with van der Waals surface area (Å²) in [5.41, 5.74) is 1.22. The number of likely N-dealkylation sites (tertiary alicyclic amines) is 1. The molecule has 0 saturated carbocycles. The van der Waals surface area contributed by atoms with Crippen LogP contribution in [0.2, 0.25) is 0 Å². The second-order valence-corrected chi connectivity index (χ2v) is 5.25. The van der Waals surface area contributed by atoms with Gasteiger partial charge in [0.25, 0.3) is 0 Å². The average Bonchev–Trinajstić information content (AvgIpc) is 2.83. The van der Waals surface area contributed by atoms with E-state index < -0.39 is 0 Å². The fourth-order valence-electron chi connectivity index (χ4n) is 2.65. The minimum atomic E-state index is 0.425. The van der Waals surface area contributed by atoms with E-state index in [0.29, 0.717) is 11.8 Å². The monoisotopic (exact) mass is 248 g/mol. The molecule has 18 heavy (non-hydrogen) atoms. The Labute approximate surface area is 110 Å². The van der Waals surface area contributed by atoms with Crippen molar-refractivity contribution < 1.29 is 0 Å². The van der Waals surface area contributed by atoms with Crippen molar-refractivity contribution in [3.8, 4) is 0 Å². The van der Waals surface area contributed by atoms with Gasteiger partial charge in [-0.3, -0.25) is 0 Å². The zero-order valence-corrected chi connectivity index (χ0v) is 11.7. The van der Waals surface area contributed by atoms with Crippen molar-refractivity contribution in [3.63, 3.8) is 0 Å². The first-order valence-electron chi connectivity index (χ1n) is 6.90. The third kappa shape index (κ3) is 3.06. The molecule has 1 aliphatic heterocycles. The molecule has 0 radical (unpaired) electrons. The second kappa shape index (κ2) is 6.25. The molecular weight excluding hydrogens is 224 g/mol. The van der Waals surface area contributed by atoms with Crippen LogP contribution in [0, 0.1) is 0 Å². The maximum absolute atomic E-state index is 4.80. The predicted octanol–water partition coefficient (Wildman–Crippen LogP) is 1.61. The van der Waals surface area contributed by atoms with Crippen molar-refractivity contribution in [2.45, 2.75) is 31.6 Å². The van der Waals surface area contributed by atoms with Gasteiger partial charge in [0.2, 0.25) is 0 Å². The van der Waals surface area contributed by atoms with E-state index in [9.17, 15) is 0 Å². The Morgan fingerprint density at radius 2 is 2.39 bits per heavy atom. The summed E-state index contributed by atoms with van der Waals surface area (Å²) in [5, 5.41) is 3.23. The number of likely N-dealkylation sites (N-methyl/N-ethyl adjacent to an activating group) is 2. The van der Waals surface area contributed by atoms with E-state index in [1.54, 1.807) is 0 Å². The van der Waals surface area contributed by atoms with E-state index in [2.05, 4.69) is 35.2 Å². The molecule has 2 heterocycles. The van der Waals surface area contributed by atoms with Crippen molar-refractivity contribution in [2.24, 2.45) is 0 Å². The van der Waals surface area contributed by atoms with Gasteiger partial charge in [-0.1, -0.05) is 6.92 Å². The van der Waals surface area contributed by atoms with Crippen molar-refractivity contribution in [1.29, 1.82) is 0 Å². The quantitative estimate of drug-likeness (QED) is 0.859.